The van der Waals surface area contributed by atoms with Gasteiger partial charge in [-0.1, -0.05) is 26.2 Å². The minimum Gasteiger partial charge on any atom is -0.368 e. The maximum absolute atomic E-state index is 12.3. The van der Waals surface area contributed by atoms with Crippen LogP contribution in [0.2, 0.25) is 0 Å². The molecule has 4 N–H and O–H groups in total. The molecule has 0 aromatic carbocycles. The summed E-state index contributed by atoms with van der Waals surface area (Å²) in [5.74, 6) is -0.585. The first-order chi connectivity index (χ1) is 7.99. The van der Waals surface area contributed by atoms with Crippen LogP contribution >= 0.6 is 0 Å². The minimum atomic E-state index is -0.761. The molecule has 0 atom stereocenters. The van der Waals surface area contributed by atoms with Crippen molar-refractivity contribution in [3.8, 4) is 0 Å². The molecule has 2 amide bonds. The van der Waals surface area contributed by atoms with E-state index in [0.29, 0.717) is 19.4 Å². The van der Waals surface area contributed by atoms with Crippen LogP contribution in [0, 0.1) is 0 Å². The Hall–Kier alpha value is -1.10. The van der Waals surface area contributed by atoms with Crippen LogP contribution in [0.4, 0.5) is 0 Å². The molecule has 0 aliphatic heterocycles. The molecule has 0 saturated heterocycles. The molecule has 98 valence electrons. The van der Waals surface area contributed by atoms with Crippen molar-refractivity contribution in [2.24, 2.45) is 11.5 Å². The summed E-state index contributed by atoms with van der Waals surface area (Å²) in [5, 5.41) is 0. The first-order valence-corrected chi connectivity index (χ1v) is 6.36. The van der Waals surface area contributed by atoms with Gasteiger partial charge in [0.25, 0.3) is 0 Å². The van der Waals surface area contributed by atoms with E-state index in [0.717, 1.165) is 25.7 Å². The summed E-state index contributed by atoms with van der Waals surface area (Å²) >= 11 is 0. The van der Waals surface area contributed by atoms with Gasteiger partial charge >= 0.3 is 0 Å². The van der Waals surface area contributed by atoms with Crippen molar-refractivity contribution in [2.45, 2.75) is 51.0 Å². The zero-order chi connectivity index (χ0) is 12.9. The Kier molecular flexibility index (Phi) is 4.93. The highest BCUT2D eigenvalue weighted by Gasteiger charge is 2.39. The first kappa shape index (κ1) is 14.0. The van der Waals surface area contributed by atoms with E-state index in [4.69, 9.17) is 11.5 Å². The van der Waals surface area contributed by atoms with E-state index in [1.165, 1.54) is 4.90 Å². The van der Waals surface area contributed by atoms with Gasteiger partial charge in [0.1, 0.15) is 0 Å². The van der Waals surface area contributed by atoms with Crippen molar-refractivity contribution in [3.63, 3.8) is 0 Å². The van der Waals surface area contributed by atoms with E-state index in [1.807, 2.05) is 6.92 Å². The number of hydrogen-bond donors (Lipinski definition) is 2. The van der Waals surface area contributed by atoms with Gasteiger partial charge < -0.3 is 16.4 Å². The van der Waals surface area contributed by atoms with Gasteiger partial charge in [-0.05, 0) is 19.3 Å². The monoisotopic (exact) mass is 241 g/mol. The van der Waals surface area contributed by atoms with Gasteiger partial charge in [-0.15, -0.1) is 0 Å². The van der Waals surface area contributed by atoms with Crippen LogP contribution in [0.25, 0.3) is 0 Å². The Balaban J connectivity index is 2.67. The molecule has 1 fully saturated rings. The largest absolute Gasteiger partial charge is 0.368 e. The lowest BCUT2D eigenvalue weighted by Crippen LogP contribution is -2.55. The maximum Gasteiger partial charge on any atom is 0.243 e. The number of rotatable bonds is 6. The number of carbonyl (C=O) groups excluding carboxylic acids is 2. The summed E-state index contributed by atoms with van der Waals surface area (Å²) in [4.78, 5) is 24.8. The van der Waals surface area contributed by atoms with Crippen molar-refractivity contribution in [1.82, 2.24) is 4.90 Å². The van der Waals surface area contributed by atoms with Crippen molar-refractivity contribution >= 4 is 11.8 Å². The molecule has 0 unspecified atom stereocenters. The van der Waals surface area contributed by atoms with Gasteiger partial charge in [-0.2, -0.15) is 0 Å². The lowest BCUT2D eigenvalue weighted by Gasteiger charge is -2.30. The molecule has 0 aromatic heterocycles. The Bertz CT molecular complexity index is 285. The minimum absolute atomic E-state index is 0.0161. The molecular weight excluding hydrogens is 218 g/mol. The van der Waals surface area contributed by atoms with Gasteiger partial charge in [-0.3, -0.25) is 9.59 Å². The summed E-state index contributed by atoms with van der Waals surface area (Å²) in [7, 11) is 0. The molecule has 1 saturated carbocycles. The molecule has 5 heteroatoms. The van der Waals surface area contributed by atoms with E-state index >= 15 is 0 Å². The summed E-state index contributed by atoms with van der Waals surface area (Å²) < 4.78 is 0. The third-order valence-electron chi connectivity index (χ3n) is 3.34. The van der Waals surface area contributed by atoms with Crippen LogP contribution < -0.4 is 11.5 Å². The van der Waals surface area contributed by atoms with Crippen LogP contribution in [0.1, 0.15) is 45.4 Å². The molecule has 0 bridgehead atoms. The van der Waals surface area contributed by atoms with Crippen LogP contribution in [-0.2, 0) is 9.59 Å². The number of nitrogens with two attached hydrogens (primary N) is 2. The molecule has 17 heavy (non-hydrogen) atoms. The number of carbonyl (C=O) groups is 2. The van der Waals surface area contributed by atoms with Crippen molar-refractivity contribution in [3.05, 3.63) is 0 Å². The highest BCUT2D eigenvalue weighted by Crippen LogP contribution is 2.29. The molecule has 1 aliphatic rings. The predicted octanol–water partition coefficient (Wildman–Crippen LogP) is 0.372. The van der Waals surface area contributed by atoms with E-state index in [2.05, 4.69) is 0 Å². The molecule has 0 heterocycles. The lowest BCUT2D eigenvalue weighted by atomic mass is 9.97. The molecular formula is C12H23N3O2. The Morgan fingerprint density at radius 1 is 1.29 bits per heavy atom. The SMILES string of the molecule is CCCCN(CC(N)=O)C(=O)C1(N)CCCC1. The van der Waals surface area contributed by atoms with E-state index < -0.39 is 11.4 Å². The average Bonchev–Trinajstić information content (AvgIpc) is 2.71. The third kappa shape index (κ3) is 3.70. The van der Waals surface area contributed by atoms with Crippen molar-refractivity contribution in [1.29, 1.82) is 0 Å². The zero-order valence-corrected chi connectivity index (χ0v) is 10.6. The Morgan fingerprint density at radius 2 is 1.88 bits per heavy atom. The topological polar surface area (TPSA) is 89.4 Å². The fraction of sp³-hybridized carbons (Fsp3) is 0.833. The second-order valence-corrected chi connectivity index (χ2v) is 4.91. The maximum atomic E-state index is 12.3. The van der Waals surface area contributed by atoms with E-state index in [9.17, 15) is 9.59 Å². The summed E-state index contributed by atoms with van der Waals surface area (Å²) in [6.45, 7) is 2.59. The number of nitrogens with zero attached hydrogens (tertiary/aromatic N) is 1. The van der Waals surface area contributed by atoms with Crippen LogP contribution in [0.15, 0.2) is 0 Å². The fourth-order valence-corrected chi connectivity index (χ4v) is 2.32. The quantitative estimate of drug-likeness (QED) is 0.704. The van der Waals surface area contributed by atoms with E-state index in [1.54, 1.807) is 0 Å². The smallest absolute Gasteiger partial charge is 0.243 e. The molecule has 0 aromatic rings. The predicted molar refractivity (Wildman–Crippen MR) is 66.1 cm³/mol. The van der Waals surface area contributed by atoms with Crippen LogP contribution in [0.3, 0.4) is 0 Å². The van der Waals surface area contributed by atoms with Crippen molar-refractivity contribution < 1.29 is 9.59 Å². The normalized spacial score (nSPS) is 18.0. The Labute approximate surface area is 103 Å². The summed E-state index contributed by atoms with van der Waals surface area (Å²) in [6.07, 6.45) is 5.25. The van der Waals surface area contributed by atoms with Gasteiger partial charge in [0.05, 0.1) is 12.1 Å². The third-order valence-corrected chi connectivity index (χ3v) is 3.34. The summed E-state index contributed by atoms with van der Waals surface area (Å²) in [6, 6.07) is 0. The van der Waals surface area contributed by atoms with Crippen LogP contribution in [0.5, 0.6) is 0 Å². The number of unbranched alkanes of at least 4 members (excludes halogenated alkanes) is 1. The van der Waals surface area contributed by atoms with E-state index in [-0.39, 0.29) is 12.5 Å². The van der Waals surface area contributed by atoms with Gasteiger partial charge in [0.2, 0.25) is 11.8 Å². The lowest BCUT2D eigenvalue weighted by molar-refractivity contribution is -0.140. The van der Waals surface area contributed by atoms with Gasteiger partial charge in [-0.25, -0.2) is 0 Å². The second kappa shape index (κ2) is 6.00. The molecule has 5 nitrogen and oxygen atoms in total. The Morgan fingerprint density at radius 3 is 2.35 bits per heavy atom. The molecule has 1 rings (SSSR count). The molecule has 0 radical (unpaired) electrons. The highest BCUT2D eigenvalue weighted by atomic mass is 16.2. The zero-order valence-electron chi connectivity index (χ0n) is 10.6. The number of hydrogen-bond acceptors (Lipinski definition) is 3. The van der Waals surface area contributed by atoms with Gasteiger partial charge in [0, 0.05) is 6.54 Å². The number of amides is 2. The van der Waals surface area contributed by atoms with Crippen molar-refractivity contribution in [2.75, 3.05) is 13.1 Å². The molecule has 1 aliphatic carbocycles. The van der Waals surface area contributed by atoms with Crippen LogP contribution in [-0.4, -0.2) is 35.3 Å². The molecule has 0 spiro atoms. The summed E-state index contributed by atoms with van der Waals surface area (Å²) in [5.41, 5.74) is 10.5. The average molecular weight is 241 g/mol. The second-order valence-electron chi connectivity index (χ2n) is 4.91. The first-order valence-electron chi connectivity index (χ1n) is 6.36. The van der Waals surface area contributed by atoms with Gasteiger partial charge in [0.15, 0.2) is 0 Å². The number of primary amides is 1. The highest BCUT2D eigenvalue weighted by molar-refractivity contribution is 5.90. The fourth-order valence-electron chi connectivity index (χ4n) is 2.32. The standard InChI is InChI=1S/C12H23N3O2/c1-2-3-8-15(9-10(13)16)11(17)12(14)6-4-5-7-12/h2-9,14H2,1H3,(H2,13,16).